The maximum atomic E-state index is 15.3. The van der Waals surface area contributed by atoms with Crippen LogP contribution in [-0.2, 0) is 6.42 Å². The van der Waals surface area contributed by atoms with Gasteiger partial charge in [0.15, 0.2) is 0 Å². The Labute approximate surface area is 186 Å². The minimum absolute atomic E-state index is 0.138. The summed E-state index contributed by atoms with van der Waals surface area (Å²) in [5.74, 6) is 1.28. The Morgan fingerprint density at radius 1 is 1.06 bits per heavy atom. The van der Waals surface area contributed by atoms with E-state index in [1.807, 2.05) is 18.2 Å². The van der Waals surface area contributed by atoms with Gasteiger partial charge in [0.25, 0.3) is 0 Å². The SMILES string of the molecule is C/C=C/CCC1CCC(c2ccc3cc(CCCCCCCC)oc(=O)c3c2F)CC1. The summed E-state index contributed by atoms with van der Waals surface area (Å²) < 4.78 is 20.9. The van der Waals surface area contributed by atoms with E-state index in [9.17, 15) is 4.79 Å². The molecule has 2 nitrogen and oxygen atoms in total. The highest BCUT2D eigenvalue weighted by Crippen LogP contribution is 2.39. The number of halogens is 1. The number of rotatable bonds is 11. The average molecular weight is 427 g/mol. The van der Waals surface area contributed by atoms with Gasteiger partial charge in [-0.3, -0.25) is 0 Å². The summed E-state index contributed by atoms with van der Waals surface area (Å²) >= 11 is 0. The molecule has 3 rings (SSSR count). The lowest BCUT2D eigenvalue weighted by atomic mass is 9.77. The molecule has 1 heterocycles. The zero-order chi connectivity index (χ0) is 22.1. The summed E-state index contributed by atoms with van der Waals surface area (Å²) in [6.45, 7) is 4.28. The van der Waals surface area contributed by atoms with Crippen LogP contribution in [0.3, 0.4) is 0 Å². The highest BCUT2D eigenvalue weighted by molar-refractivity contribution is 5.83. The molecule has 0 unspecified atom stereocenters. The van der Waals surface area contributed by atoms with Gasteiger partial charge in [-0.1, -0.05) is 63.3 Å². The maximum absolute atomic E-state index is 15.3. The van der Waals surface area contributed by atoms with Crippen LogP contribution in [0.2, 0.25) is 0 Å². The molecule has 31 heavy (non-hydrogen) atoms. The van der Waals surface area contributed by atoms with E-state index in [-0.39, 0.29) is 17.1 Å². The van der Waals surface area contributed by atoms with E-state index < -0.39 is 5.63 Å². The standard InChI is InChI=1S/C28H39FO2/c1-3-5-7-8-9-11-13-24-20-23-18-19-25(27(29)26(23)28(30)31-24)22-16-14-21(15-17-22)12-10-6-4-2/h4,6,18-22H,3,5,7-17H2,1-2H3/b6-4+. The van der Waals surface area contributed by atoms with Gasteiger partial charge < -0.3 is 4.42 Å². The van der Waals surface area contributed by atoms with Gasteiger partial charge >= 0.3 is 5.63 Å². The van der Waals surface area contributed by atoms with Crippen LogP contribution in [0.25, 0.3) is 10.8 Å². The Kier molecular flexibility index (Phi) is 9.36. The molecule has 170 valence electrons. The van der Waals surface area contributed by atoms with Gasteiger partial charge in [0.05, 0.1) is 0 Å². The van der Waals surface area contributed by atoms with Crippen molar-refractivity contribution < 1.29 is 8.81 Å². The molecule has 0 spiro atoms. The third-order valence-electron chi connectivity index (χ3n) is 6.99. The summed E-state index contributed by atoms with van der Waals surface area (Å²) in [6, 6.07) is 5.71. The van der Waals surface area contributed by atoms with Gasteiger partial charge in [0.2, 0.25) is 0 Å². The zero-order valence-electron chi connectivity index (χ0n) is 19.4. The predicted molar refractivity (Wildman–Crippen MR) is 128 cm³/mol. The first-order valence-electron chi connectivity index (χ1n) is 12.5. The number of aryl methyl sites for hydroxylation is 1. The minimum atomic E-state index is -0.516. The molecule has 0 bridgehead atoms. The molecule has 2 aromatic rings. The fraction of sp³-hybridized carbons (Fsp3) is 0.607. The molecule has 1 saturated carbocycles. The third kappa shape index (κ3) is 6.54. The van der Waals surface area contributed by atoms with E-state index in [1.165, 1.54) is 32.1 Å². The topological polar surface area (TPSA) is 30.2 Å². The summed E-state index contributed by atoms with van der Waals surface area (Å²) in [4.78, 5) is 12.6. The Balaban J connectivity index is 1.64. The molecule has 1 fully saturated rings. The number of hydrogen-bond acceptors (Lipinski definition) is 2. The van der Waals surface area contributed by atoms with Crippen molar-refractivity contribution in [3.8, 4) is 0 Å². The van der Waals surface area contributed by atoms with Gasteiger partial charge in [0.1, 0.15) is 17.0 Å². The molecule has 3 heteroatoms. The lowest BCUT2D eigenvalue weighted by molar-refractivity contribution is 0.308. The first kappa shape index (κ1) is 23.8. The summed E-state index contributed by atoms with van der Waals surface area (Å²) in [6.07, 6.45) is 18.9. The third-order valence-corrected chi connectivity index (χ3v) is 6.99. The lowest BCUT2D eigenvalue weighted by Gasteiger charge is -2.29. The van der Waals surface area contributed by atoms with Crippen LogP contribution in [0.4, 0.5) is 4.39 Å². The molecule has 1 aromatic carbocycles. The van der Waals surface area contributed by atoms with E-state index >= 15 is 4.39 Å². The second-order valence-corrected chi connectivity index (χ2v) is 9.31. The molecular weight excluding hydrogens is 387 g/mol. The van der Waals surface area contributed by atoms with E-state index in [1.54, 1.807) is 0 Å². The second kappa shape index (κ2) is 12.2. The number of allylic oxidation sites excluding steroid dienone is 2. The van der Waals surface area contributed by atoms with Crippen LogP contribution in [0.1, 0.15) is 108 Å². The molecular formula is C28H39FO2. The average Bonchev–Trinajstić information content (AvgIpc) is 2.77. The maximum Gasteiger partial charge on any atom is 0.346 e. The smallest absolute Gasteiger partial charge is 0.346 e. The van der Waals surface area contributed by atoms with E-state index in [0.29, 0.717) is 16.7 Å². The van der Waals surface area contributed by atoms with Crippen LogP contribution < -0.4 is 5.63 Å². The normalized spacial score (nSPS) is 19.5. The minimum Gasteiger partial charge on any atom is -0.427 e. The molecule has 0 atom stereocenters. The first-order chi connectivity index (χ1) is 15.1. The van der Waals surface area contributed by atoms with E-state index in [0.717, 1.165) is 57.3 Å². The summed E-state index contributed by atoms with van der Waals surface area (Å²) in [5.41, 5.74) is 0.188. The Morgan fingerprint density at radius 2 is 1.81 bits per heavy atom. The van der Waals surface area contributed by atoms with Crippen LogP contribution >= 0.6 is 0 Å². The van der Waals surface area contributed by atoms with Crippen LogP contribution in [0, 0.1) is 11.7 Å². The fourth-order valence-corrected chi connectivity index (χ4v) is 5.09. The van der Waals surface area contributed by atoms with Crippen molar-refractivity contribution in [2.24, 2.45) is 5.92 Å². The molecule has 0 aliphatic heterocycles. The largest absolute Gasteiger partial charge is 0.427 e. The van der Waals surface area contributed by atoms with Crippen molar-refractivity contribution in [1.82, 2.24) is 0 Å². The van der Waals surface area contributed by atoms with Crippen LogP contribution in [0.5, 0.6) is 0 Å². The molecule has 0 amide bonds. The zero-order valence-corrected chi connectivity index (χ0v) is 19.4. The summed E-state index contributed by atoms with van der Waals surface area (Å²) in [7, 11) is 0. The summed E-state index contributed by atoms with van der Waals surface area (Å²) in [5, 5.41) is 0.818. The molecule has 1 aliphatic rings. The Bertz CT molecular complexity index is 903. The highest BCUT2D eigenvalue weighted by Gasteiger charge is 2.25. The van der Waals surface area contributed by atoms with Crippen LogP contribution in [-0.4, -0.2) is 0 Å². The number of hydrogen-bond donors (Lipinski definition) is 0. The van der Waals surface area contributed by atoms with Gasteiger partial charge in [-0.05, 0) is 80.7 Å². The molecule has 1 aliphatic carbocycles. The number of unbranched alkanes of at least 4 members (excludes halogenated alkanes) is 5. The molecule has 0 N–H and O–H groups in total. The second-order valence-electron chi connectivity index (χ2n) is 9.31. The highest BCUT2D eigenvalue weighted by atomic mass is 19.1. The van der Waals surface area contributed by atoms with E-state index in [2.05, 4.69) is 26.0 Å². The molecule has 1 aromatic heterocycles. The predicted octanol–water partition coefficient (Wildman–Crippen LogP) is 8.47. The van der Waals surface area contributed by atoms with Crippen molar-refractivity contribution in [3.63, 3.8) is 0 Å². The first-order valence-corrected chi connectivity index (χ1v) is 12.5. The van der Waals surface area contributed by atoms with Gasteiger partial charge in [-0.2, -0.15) is 0 Å². The van der Waals surface area contributed by atoms with Gasteiger partial charge in [-0.25, -0.2) is 9.18 Å². The quantitative estimate of drug-likeness (QED) is 0.266. The molecule has 0 saturated heterocycles. The monoisotopic (exact) mass is 426 g/mol. The van der Waals surface area contributed by atoms with Crippen molar-refractivity contribution in [2.45, 2.75) is 103 Å². The van der Waals surface area contributed by atoms with Crippen molar-refractivity contribution in [2.75, 3.05) is 0 Å². The number of fused-ring (bicyclic) bond motifs is 1. The lowest BCUT2D eigenvalue weighted by Crippen LogP contribution is -2.15. The van der Waals surface area contributed by atoms with E-state index in [4.69, 9.17) is 4.42 Å². The van der Waals surface area contributed by atoms with Gasteiger partial charge in [-0.15, -0.1) is 0 Å². The van der Waals surface area contributed by atoms with Crippen molar-refractivity contribution in [1.29, 1.82) is 0 Å². The van der Waals surface area contributed by atoms with Crippen LogP contribution in [0.15, 0.2) is 39.6 Å². The Hall–Kier alpha value is -1.90. The number of benzene rings is 1. The van der Waals surface area contributed by atoms with Crippen molar-refractivity contribution in [3.05, 3.63) is 57.9 Å². The Morgan fingerprint density at radius 3 is 2.55 bits per heavy atom. The van der Waals surface area contributed by atoms with Gasteiger partial charge in [0, 0.05) is 6.42 Å². The van der Waals surface area contributed by atoms with Crippen molar-refractivity contribution >= 4 is 10.8 Å². The molecule has 0 radical (unpaired) electrons. The fourth-order valence-electron chi connectivity index (χ4n) is 5.09.